The van der Waals surface area contributed by atoms with Crippen molar-refractivity contribution in [3.8, 4) is 0 Å². The number of carbonyl (C=O) groups is 1. The van der Waals surface area contributed by atoms with E-state index in [2.05, 4.69) is 4.98 Å². The summed E-state index contributed by atoms with van der Waals surface area (Å²) < 4.78 is 1.20. The molecule has 0 bridgehead atoms. The molecule has 0 spiro atoms. The lowest BCUT2D eigenvalue weighted by atomic mass is 10.3. The smallest absolute Gasteiger partial charge is 0.242 e. The van der Waals surface area contributed by atoms with Crippen molar-refractivity contribution in [1.29, 1.82) is 5.41 Å². The lowest BCUT2D eigenvalue weighted by molar-refractivity contribution is -0.129. The van der Waals surface area contributed by atoms with Crippen molar-refractivity contribution in [2.24, 2.45) is 0 Å². The standard InChI is InChI=1S/C10H16N6O/c1-7-5-8(16(12)10(11)13-7)15-4-3-14(2)9(17)6-15/h5,11H,3-4,6,12H2,1-2H3. The third kappa shape index (κ3) is 2.08. The zero-order chi connectivity index (χ0) is 12.6. The molecule has 1 fully saturated rings. The Labute approximate surface area is 98.9 Å². The summed E-state index contributed by atoms with van der Waals surface area (Å²) in [5.74, 6) is 6.47. The first-order chi connectivity index (χ1) is 7.99. The molecule has 0 unspecified atom stereocenters. The lowest BCUT2D eigenvalue weighted by Crippen LogP contribution is -2.50. The highest BCUT2D eigenvalue weighted by atomic mass is 16.2. The van der Waals surface area contributed by atoms with Crippen molar-refractivity contribution in [3.05, 3.63) is 17.4 Å². The second-order valence-electron chi connectivity index (χ2n) is 4.19. The molecule has 1 saturated heterocycles. The topological polar surface area (TPSA) is 91.2 Å². The van der Waals surface area contributed by atoms with Gasteiger partial charge in [-0.05, 0) is 6.92 Å². The van der Waals surface area contributed by atoms with Gasteiger partial charge in [-0.15, -0.1) is 0 Å². The van der Waals surface area contributed by atoms with E-state index in [0.717, 1.165) is 5.69 Å². The van der Waals surface area contributed by atoms with Crippen LogP contribution in [0.1, 0.15) is 5.69 Å². The van der Waals surface area contributed by atoms with E-state index in [1.165, 1.54) is 4.68 Å². The molecule has 1 aliphatic rings. The SMILES string of the molecule is Cc1cc(N2CCN(C)C(=O)C2)n(N)c(=N)n1. The van der Waals surface area contributed by atoms with E-state index >= 15 is 0 Å². The van der Waals surface area contributed by atoms with E-state index in [1.807, 2.05) is 4.90 Å². The van der Waals surface area contributed by atoms with Crippen LogP contribution in [0.15, 0.2) is 6.07 Å². The van der Waals surface area contributed by atoms with Crippen molar-refractivity contribution in [2.75, 3.05) is 37.4 Å². The Bertz CT molecular complexity index is 508. The predicted molar refractivity (Wildman–Crippen MR) is 62.8 cm³/mol. The van der Waals surface area contributed by atoms with Gasteiger partial charge in [0.05, 0.1) is 6.54 Å². The number of nitrogen functional groups attached to an aromatic ring is 1. The zero-order valence-electron chi connectivity index (χ0n) is 9.97. The fraction of sp³-hybridized carbons (Fsp3) is 0.500. The quantitative estimate of drug-likeness (QED) is 0.591. The Morgan fingerprint density at radius 3 is 2.82 bits per heavy atom. The largest absolute Gasteiger partial charge is 0.345 e. The molecule has 17 heavy (non-hydrogen) atoms. The van der Waals surface area contributed by atoms with E-state index < -0.39 is 0 Å². The average Bonchev–Trinajstić information content (AvgIpc) is 2.27. The highest BCUT2D eigenvalue weighted by Crippen LogP contribution is 2.13. The number of nitrogens with two attached hydrogens (primary N) is 1. The minimum atomic E-state index is -0.00798. The minimum Gasteiger partial charge on any atom is -0.345 e. The Balaban J connectivity index is 2.35. The predicted octanol–water partition coefficient (Wildman–Crippen LogP) is -1.34. The number of aromatic nitrogens is 2. The van der Waals surface area contributed by atoms with Crippen molar-refractivity contribution in [3.63, 3.8) is 0 Å². The van der Waals surface area contributed by atoms with Crippen molar-refractivity contribution in [1.82, 2.24) is 14.6 Å². The average molecular weight is 236 g/mol. The van der Waals surface area contributed by atoms with Gasteiger partial charge in [0.2, 0.25) is 11.5 Å². The summed E-state index contributed by atoms with van der Waals surface area (Å²) in [6.45, 7) is 3.46. The van der Waals surface area contributed by atoms with Crippen molar-refractivity contribution < 1.29 is 4.79 Å². The van der Waals surface area contributed by atoms with Gasteiger partial charge in [-0.3, -0.25) is 10.2 Å². The highest BCUT2D eigenvalue weighted by molar-refractivity contribution is 5.82. The molecule has 0 radical (unpaired) electrons. The van der Waals surface area contributed by atoms with Crippen molar-refractivity contribution >= 4 is 11.7 Å². The maximum absolute atomic E-state index is 11.6. The molecular formula is C10H16N6O. The monoisotopic (exact) mass is 236 g/mol. The summed E-state index contributed by atoms with van der Waals surface area (Å²) >= 11 is 0. The Morgan fingerprint density at radius 1 is 1.47 bits per heavy atom. The first-order valence-corrected chi connectivity index (χ1v) is 5.38. The van der Waals surface area contributed by atoms with Gasteiger partial charge < -0.3 is 15.6 Å². The van der Waals surface area contributed by atoms with Gasteiger partial charge >= 0.3 is 0 Å². The summed E-state index contributed by atoms with van der Waals surface area (Å²) in [5, 5.41) is 7.61. The van der Waals surface area contributed by atoms with E-state index in [4.69, 9.17) is 11.3 Å². The number of hydrogen-bond donors (Lipinski definition) is 2. The molecule has 1 amide bonds. The zero-order valence-corrected chi connectivity index (χ0v) is 9.97. The number of amides is 1. The van der Waals surface area contributed by atoms with Gasteiger partial charge in [-0.1, -0.05) is 0 Å². The number of hydrogen-bond acceptors (Lipinski definition) is 5. The molecule has 0 aliphatic carbocycles. The van der Waals surface area contributed by atoms with Crippen LogP contribution in [0, 0.1) is 12.3 Å². The van der Waals surface area contributed by atoms with Gasteiger partial charge in [-0.2, -0.15) is 0 Å². The summed E-state index contributed by atoms with van der Waals surface area (Å²) in [7, 11) is 1.78. The van der Waals surface area contributed by atoms with E-state index in [9.17, 15) is 4.79 Å². The van der Waals surface area contributed by atoms with Gasteiger partial charge in [0.25, 0.3) is 0 Å². The van der Waals surface area contributed by atoms with Crippen LogP contribution < -0.4 is 16.4 Å². The van der Waals surface area contributed by atoms with Crippen LogP contribution >= 0.6 is 0 Å². The molecule has 3 N–H and O–H groups in total. The van der Waals surface area contributed by atoms with Crippen LogP contribution in [-0.4, -0.2) is 47.1 Å². The van der Waals surface area contributed by atoms with Crippen LogP contribution in [-0.2, 0) is 4.79 Å². The maximum Gasteiger partial charge on any atom is 0.242 e. The summed E-state index contributed by atoms with van der Waals surface area (Å²) in [5.41, 5.74) is 0.712. The van der Waals surface area contributed by atoms with Crippen molar-refractivity contribution in [2.45, 2.75) is 6.92 Å². The van der Waals surface area contributed by atoms with Gasteiger partial charge in [0.15, 0.2) is 0 Å². The third-order valence-electron chi connectivity index (χ3n) is 2.88. The van der Waals surface area contributed by atoms with E-state index in [1.54, 1.807) is 24.9 Å². The number of rotatable bonds is 1. The summed E-state index contributed by atoms with van der Waals surface area (Å²) in [6.07, 6.45) is 0. The number of aryl methyl sites for hydroxylation is 1. The Hall–Kier alpha value is -2.05. The van der Waals surface area contributed by atoms with Gasteiger partial charge in [0, 0.05) is 31.9 Å². The highest BCUT2D eigenvalue weighted by Gasteiger charge is 2.23. The van der Waals surface area contributed by atoms with Crippen LogP contribution in [0.4, 0.5) is 5.82 Å². The number of likely N-dealkylation sites (N-methyl/N-ethyl adjacent to an activating group) is 1. The molecular weight excluding hydrogens is 220 g/mol. The molecule has 7 nitrogen and oxygen atoms in total. The molecule has 1 aromatic rings. The third-order valence-corrected chi connectivity index (χ3v) is 2.88. The van der Waals surface area contributed by atoms with Crippen LogP contribution in [0.3, 0.4) is 0 Å². The molecule has 2 heterocycles. The fourth-order valence-corrected chi connectivity index (χ4v) is 1.82. The number of nitrogens with zero attached hydrogens (tertiary/aromatic N) is 4. The molecule has 7 heteroatoms. The van der Waals surface area contributed by atoms with Gasteiger partial charge in [-0.25, -0.2) is 9.66 Å². The second-order valence-corrected chi connectivity index (χ2v) is 4.19. The number of anilines is 1. The van der Waals surface area contributed by atoms with Gasteiger partial charge in [0.1, 0.15) is 5.82 Å². The molecule has 0 atom stereocenters. The summed E-state index contributed by atoms with van der Waals surface area (Å²) in [6, 6.07) is 1.79. The normalized spacial score (nSPS) is 16.5. The number of carbonyl (C=O) groups excluding carboxylic acids is 1. The second kappa shape index (κ2) is 4.08. The number of nitrogens with one attached hydrogen (secondary N) is 1. The molecule has 92 valence electrons. The molecule has 0 aromatic carbocycles. The molecule has 2 rings (SSSR count). The van der Waals surface area contributed by atoms with Crippen LogP contribution in [0.2, 0.25) is 0 Å². The van der Waals surface area contributed by atoms with Crippen LogP contribution in [0.25, 0.3) is 0 Å². The minimum absolute atomic E-state index is 0.00798. The lowest BCUT2D eigenvalue weighted by Gasteiger charge is -2.34. The Morgan fingerprint density at radius 2 is 2.18 bits per heavy atom. The maximum atomic E-state index is 11.6. The first kappa shape index (κ1) is 11.4. The first-order valence-electron chi connectivity index (χ1n) is 5.38. The number of piperazine rings is 1. The van der Waals surface area contributed by atoms with E-state index in [0.29, 0.717) is 18.9 Å². The van der Waals surface area contributed by atoms with E-state index in [-0.39, 0.29) is 18.1 Å². The Kier molecular flexibility index (Phi) is 2.74. The van der Waals surface area contributed by atoms with Crippen LogP contribution in [0.5, 0.6) is 0 Å². The molecule has 1 aliphatic heterocycles. The molecule has 0 saturated carbocycles. The molecule has 1 aromatic heterocycles. The fourth-order valence-electron chi connectivity index (χ4n) is 1.82. The summed E-state index contributed by atoms with van der Waals surface area (Å²) in [4.78, 5) is 19.1.